The van der Waals surface area contributed by atoms with E-state index < -0.39 is 4.92 Å². The highest BCUT2D eigenvalue weighted by atomic mass is 16.6. The predicted octanol–water partition coefficient (Wildman–Crippen LogP) is 2.18. The van der Waals surface area contributed by atoms with Crippen LogP contribution in [0.15, 0.2) is 36.5 Å². The van der Waals surface area contributed by atoms with Crippen molar-refractivity contribution in [1.29, 1.82) is 0 Å². The molecule has 0 bridgehead atoms. The number of anilines is 1. The van der Waals surface area contributed by atoms with Gasteiger partial charge in [0.25, 0.3) is 11.6 Å². The monoisotopic (exact) mass is 261 g/mol. The third-order valence-corrected chi connectivity index (χ3v) is 2.49. The van der Waals surface area contributed by atoms with Crippen molar-refractivity contribution in [3.63, 3.8) is 0 Å². The minimum Gasteiger partial charge on any atom is -0.494 e. The third-order valence-electron chi connectivity index (χ3n) is 2.49. The number of hydrogen-bond donors (Lipinski definition) is 2. The molecule has 0 spiro atoms. The number of hydrogen-bond acceptors (Lipinski definition) is 4. The fourth-order valence-electron chi connectivity index (χ4n) is 1.56. The van der Waals surface area contributed by atoms with Gasteiger partial charge in [-0.1, -0.05) is 0 Å². The number of nitro groups is 1. The number of nitrogens with zero attached hydrogens (tertiary/aromatic N) is 1. The van der Waals surface area contributed by atoms with Gasteiger partial charge in [0.05, 0.1) is 23.8 Å². The van der Waals surface area contributed by atoms with Crippen LogP contribution in [-0.4, -0.2) is 22.9 Å². The topological polar surface area (TPSA) is 97.3 Å². The zero-order valence-electron chi connectivity index (χ0n) is 10.0. The van der Waals surface area contributed by atoms with Gasteiger partial charge in [-0.25, -0.2) is 0 Å². The SMILES string of the molecule is COc1cc([N+](=O)[O-])ccc1NC(=O)c1ccc[nH]1. The minimum absolute atomic E-state index is 0.102. The summed E-state index contributed by atoms with van der Waals surface area (Å²) in [5.41, 5.74) is 0.655. The molecule has 0 aliphatic rings. The Labute approximate surface area is 108 Å². The van der Waals surface area contributed by atoms with Gasteiger partial charge >= 0.3 is 0 Å². The zero-order valence-corrected chi connectivity index (χ0v) is 10.0. The number of aromatic nitrogens is 1. The van der Waals surface area contributed by atoms with Crippen molar-refractivity contribution in [2.75, 3.05) is 12.4 Å². The summed E-state index contributed by atoms with van der Waals surface area (Å²) in [5.74, 6) is -0.119. The van der Waals surface area contributed by atoms with E-state index in [1.807, 2.05) is 0 Å². The van der Waals surface area contributed by atoms with Crippen molar-refractivity contribution in [1.82, 2.24) is 4.98 Å². The average molecular weight is 261 g/mol. The highest BCUT2D eigenvalue weighted by Crippen LogP contribution is 2.29. The maximum Gasteiger partial charge on any atom is 0.273 e. The number of ether oxygens (including phenoxy) is 1. The maximum atomic E-state index is 11.8. The number of carbonyl (C=O) groups is 1. The van der Waals surface area contributed by atoms with Crippen molar-refractivity contribution >= 4 is 17.3 Å². The lowest BCUT2D eigenvalue weighted by molar-refractivity contribution is -0.384. The Morgan fingerprint density at radius 1 is 1.42 bits per heavy atom. The molecule has 0 unspecified atom stereocenters. The van der Waals surface area contributed by atoms with Gasteiger partial charge in [0.15, 0.2) is 0 Å². The van der Waals surface area contributed by atoms with E-state index in [1.54, 1.807) is 18.3 Å². The number of carbonyl (C=O) groups excluding carboxylic acids is 1. The van der Waals surface area contributed by atoms with Crippen LogP contribution < -0.4 is 10.1 Å². The Kier molecular flexibility index (Phi) is 3.46. The van der Waals surface area contributed by atoms with Gasteiger partial charge < -0.3 is 15.0 Å². The first-order valence-electron chi connectivity index (χ1n) is 5.39. The van der Waals surface area contributed by atoms with Crippen LogP contribution in [0.2, 0.25) is 0 Å². The van der Waals surface area contributed by atoms with Crippen LogP contribution in [0.1, 0.15) is 10.5 Å². The van der Waals surface area contributed by atoms with Crippen LogP contribution >= 0.6 is 0 Å². The maximum absolute atomic E-state index is 11.8. The number of non-ortho nitro benzene ring substituents is 1. The Morgan fingerprint density at radius 2 is 2.21 bits per heavy atom. The molecule has 2 rings (SSSR count). The van der Waals surface area contributed by atoms with E-state index in [2.05, 4.69) is 10.3 Å². The van der Waals surface area contributed by atoms with Crippen molar-refractivity contribution in [2.24, 2.45) is 0 Å². The summed E-state index contributed by atoms with van der Waals surface area (Å²) in [4.78, 5) is 24.7. The van der Waals surface area contributed by atoms with Gasteiger partial charge in [-0.05, 0) is 18.2 Å². The second-order valence-electron chi connectivity index (χ2n) is 3.68. The molecule has 1 aromatic heterocycles. The van der Waals surface area contributed by atoms with E-state index in [-0.39, 0.29) is 17.3 Å². The van der Waals surface area contributed by atoms with E-state index in [9.17, 15) is 14.9 Å². The number of rotatable bonds is 4. The molecule has 0 atom stereocenters. The molecule has 2 aromatic rings. The van der Waals surface area contributed by atoms with E-state index in [4.69, 9.17) is 4.74 Å². The second kappa shape index (κ2) is 5.21. The summed E-state index contributed by atoms with van der Waals surface area (Å²) >= 11 is 0. The lowest BCUT2D eigenvalue weighted by Crippen LogP contribution is -2.13. The first-order valence-corrected chi connectivity index (χ1v) is 5.39. The van der Waals surface area contributed by atoms with Crippen LogP contribution in [0.25, 0.3) is 0 Å². The van der Waals surface area contributed by atoms with Crippen LogP contribution in [-0.2, 0) is 0 Å². The summed E-state index contributed by atoms with van der Waals surface area (Å²) in [6.07, 6.45) is 1.63. The number of H-pyrrole nitrogens is 1. The lowest BCUT2D eigenvalue weighted by atomic mass is 10.2. The zero-order chi connectivity index (χ0) is 13.8. The number of amides is 1. The summed E-state index contributed by atoms with van der Waals surface area (Å²) in [6, 6.07) is 7.30. The molecule has 0 radical (unpaired) electrons. The Hall–Kier alpha value is -2.83. The Balaban J connectivity index is 2.25. The van der Waals surface area contributed by atoms with Crippen molar-refractivity contribution in [2.45, 2.75) is 0 Å². The van der Waals surface area contributed by atoms with E-state index in [0.29, 0.717) is 11.4 Å². The molecule has 0 saturated heterocycles. The molecule has 1 heterocycles. The molecule has 0 aliphatic heterocycles. The molecular weight excluding hydrogens is 250 g/mol. The molecule has 7 heteroatoms. The van der Waals surface area contributed by atoms with Gasteiger partial charge in [-0.15, -0.1) is 0 Å². The standard InChI is InChI=1S/C12H11N3O4/c1-19-11-7-8(15(17)18)4-5-9(11)14-12(16)10-3-2-6-13-10/h2-7,13H,1H3,(H,14,16). The van der Waals surface area contributed by atoms with Gasteiger partial charge in [-0.2, -0.15) is 0 Å². The van der Waals surface area contributed by atoms with Crippen molar-refractivity contribution in [3.05, 3.63) is 52.3 Å². The van der Waals surface area contributed by atoms with Crippen LogP contribution in [0.4, 0.5) is 11.4 Å². The highest BCUT2D eigenvalue weighted by Gasteiger charge is 2.14. The third kappa shape index (κ3) is 2.71. The summed E-state index contributed by atoms with van der Waals surface area (Å²) in [6.45, 7) is 0. The fraction of sp³-hybridized carbons (Fsp3) is 0.0833. The van der Waals surface area contributed by atoms with Gasteiger partial charge in [-0.3, -0.25) is 14.9 Å². The molecule has 0 fully saturated rings. The molecule has 1 aromatic carbocycles. The number of methoxy groups -OCH3 is 1. The fourth-order valence-corrected chi connectivity index (χ4v) is 1.56. The molecule has 19 heavy (non-hydrogen) atoms. The second-order valence-corrected chi connectivity index (χ2v) is 3.68. The number of aromatic amines is 1. The van der Waals surface area contributed by atoms with Crippen molar-refractivity contribution < 1.29 is 14.5 Å². The van der Waals surface area contributed by atoms with Crippen LogP contribution in [0.5, 0.6) is 5.75 Å². The first-order chi connectivity index (χ1) is 9.11. The quantitative estimate of drug-likeness (QED) is 0.651. The summed E-state index contributed by atoms with van der Waals surface area (Å²) < 4.78 is 5.03. The number of benzene rings is 1. The largest absolute Gasteiger partial charge is 0.494 e. The van der Waals surface area contributed by atoms with E-state index >= 15 is 0 Å². The van der Waals surface area contributed by atoms with Gasteiger partial charge in [0.2, 0.25) is 0 Å². The molecule has 0 aliphatic carbocycles. The molecule has 98 valence electrons. The van der Waals surface area contributed by atoms with Crippen LogP contribution in [0.3, 0.4) is 0 Å². The van der Waals surface area contributed by atoms with Crippen LogP contribution in [0, 0.1) is 10.1 Å². The summed E-state index contributed by atoms with van der Waals surface area (Å²) in [5, 5.41) is 13.3. The lowest BCUT2D eigenvalue weighted by Gasteiger charge is -2.09. The highest BCUT2D eigenvalue weighted by molar-refractivity contribution is 6.03. The molecule has 2 N–H and O–H groups in total. The van der Waals surface area contributed by atoms with Gasteiger partial charge in [0, 0.05) is 12.3 Å². The number of nitro benzene ring substituents is 1. The molecular formula is C12H11N3O4. The Morgan fingerprint density at radius 3 is 2.79 bits per heavy atom. The summed E-state index contributed by atoms with van der Waals surface area (Å²) in [7, 11) is 1.38. The van der Waals surface area contributed by atoms with E-state index in [1.165, 1.54) is 25.3 Å². The van der Waals surface area contributed by atoms with Crippen molar-refractivity contribution in [3.8, 4) is 5.75 Å². The molecule has 0 saturated carbocycles. The molecule has 7 nitrogen and oxygen atoms in total. The molecule has 1 amide bonds. The normalized spacial score (nSPS) is 9.95. The number of nitrogens with one attached hydrogen (secondary N) is 2. The average Bonchev–Trinajstić information content (AvgIpc) is 2.92. The van der Waals surface area contributed by atoms with E-state index in [0.717, 1.165) is 0 Å². The minimum atomic E-state index is -0.529. The Bertz CT molecular complexity index is 607. The smallest absolute Gasteiger partial charge is 0.273 e. The van der Waals surface area contributed by atoms with Gasteiger partial charge in [0.1, 0.15) is 11.4 Å². The predicted molar refractivity (Wildman–Crippen MR) is 68.4 cm³/mol. The first kappa shape index (κ1) is 12.6.